The first-order valence-electron chi connectivity index (χ1n) is 6.51. The molecule has 0 bridgehead atoms. The number of rotatable bonds is 0. The lowest BCUT2D eigenvalue weighted by atomic mass is 9.59. The summed E-state index contributed by atoms with van der Waals surface area (Å²) in [5, 5.41) is 0. The van der Waals surface area contributed by atoms with Crippen LogP contribution in [-0.2, 0) is 9.59 Å². The molecule has 16 heavy (non-hydrogen) atoms. The molecule has 2 aliphatic rings. The predicted octanol–water partition coefficient (Wildman–Crippen LogP) is 2.71. The number of hydrogen-bond acceptors (Lipinski definition) is 2. The molecular formula is C14H22O2. The topological polar surface area (TPSA) is 34.1 Å². The second-order valence-corrected chi connectivity index (χ2v) is 6.02. The van der Waals surface area contributed by atoms with Gasteiger partial charge in [0.1, 0.15) is 11.6 Å². The molecule has 0 aliphatic heterocycles. The van der Waals surface area contributed by atoms with Crippen molar-refractivity contribution in [1.82, 2.24) is 0 Å². The van der Waals surface area contributed by atoms with Crippen LogP contribution in [0, 0.1) is 35.5 Å². The number of hydrogen-bond donors (Lipinski definition) is 0. The number of fused-ring (bicyclic) bond motifs is 1. The van der Waals surface area contributed by atoms with E-state index >= 15 is 0 Å². The first-order valence-corrected chi connectivity index (χ1v) is 6.51. The fraction of sp³-hybridized carbons (Fsp3) is 0.857. The maximum absolute atomic E-state index is 12.2. The minimum absolute atomic E-state index is 0.0323. The Morgan fingerprint density at radius 2 is 1.06 bits per heavy atom. The van der Waals surface area contributed by atoms with Gasteiger partial charge in [0.15, 0.2) is 0 Å². The zero-order valence-corrected chi connectivity index (χ0v) is 10.7. The zero-order valence-electron chi connectivity index (χ0n) is 10.7. The van der Waals surface area contributed by atoms with E-state index in [0.29, 0.717) is 23.4 Å². The van der Waals surface area contributed by atoms with E-state index in [9.17, 15) is 9.59 Å². The second kappa shape index (κ2) is 3.97. The molecular weight excluding hydrogens is 200 g/mol. The minimum Gasteiger partial charge on any atom is -0.299 e. The van der Waals surface area contributed by atoms with Crippen molar-refractivity contribution in [3.8, 4) is 0 Å². The van der Waals surface area contributed by atoms with Gasteiger partial charge in [0.2, 0.25) is 0 Å². The Labute approximate surface area is 97.8 Å². The van der Waals surface area contributed by atoms with Crippen LogP contribution in [0.5, 0.6) is 0 Å². The molecule has 0 heterocycles. The van der Waals surface area contributed by atoms with Gasteiger partial charge in [-0.25, -0.2) is 0 Å². The lowest BCUT2D eigenvalue weighted by Gasteiger charge is -2.43. The Hall–Kier alpha value is -0.660. The van der Waals surface area contributed by atoms with Crippen molar-refractivity contribution in [2.24, 2.45) is 35.5 Å². The average Bonchev–Trinajstić information content (AvgIpc) is 2.26. The summed E-state index contributed by atoms with van der Waals surface area (Å²) in [7, 11) is 0. The van der Waals surface area contributed by atoms with Crippen LogP contribution in [0.3, 0.4) is 0 Å². The summed E-state index contributed by atoms with van der Waals surface area (Å²) < 4.78 is 0. The molecule has 0 aromatic rings. The van der Waals surface area contributed by atoms with Crippen molar-refractivity contribution in [2.45, 2.75) is 40.5 Å². The highest BCUT2D eigenvalue weighted by Gasteiger charge is 2.48. The van der Waals surface area contributed by atoms with Crippen LogP contribution in [-0.4, -0.2) is 11.6 Å². The summed E-state index contributed by atoms with van der Waals surface area (Å²) in [5.74, 6) is 1.79. The maximum atomic E-state index is 12.2. The van der Waals surface area contributed by atoms with Crippen LogP contribution < -0.4 is 0 Å². The summed E-state index contributed by atoms with van der Waals surface area (Å²) in [6.07, 6.45) is 1.85. The highest BCUT2D eigenvalue weighted by molar-refractivity contribution is 5.99. The van der Waals surface area contributed by atoms with E-state index in [-0.39, 0.29) is 23.7 Å². The van der Waals surface area contributed by atoms with E-state index in [0.717, 1.165) is 12.8 Å². The molecule has 90 valence electrons. The number of carbonyl (C=O) groups excluding carboxylic acids is 2. The average molecular weight is 222 g/mol. The fourth-order valence-corrected chi connectivity index (χ4v) is 3.39. The highest BCUT2D eigenvalue weighted by Crippen LogP contribution is 2.44. The van der Waals surface area contributed by atoms with E-state index < -0.39 is 0 Å². The Morgan fingerprint density at radius 1 is 0.750 bits per heavy atom. The molecule has 6 atom stereocenters. The molecule has 2 heteroatoms. The van der Waals surface area contributed by atoms with Crippen molar-refractivity contribution in [2.75, 3.05) is 0 Å². The smallest absolute Gasteiger partial charge is 0.140 e. The summed E-state index contributed by atoms with van der Waals surface area (Å²) in [6, 6.07) is 0. The number of Topliss-reactive ketones (excluding diaryl/α,β-unsaturated/α-hetero) is 2. The van der Waals surface area contributed by atoms with E-state index in [1.165, 1.54) is 0 Å². The van der Waals surface area contributed by atoms with Gasteiger partial charge in [-0.15, -0.1) is 0 Å². The summed E-state index contributed by atoms with van der Waals surface area (Å²) in [4.78, 5) is 24.4. The molecule has 2 fully saturated rings. The quantitative estimate of drug-likeness (QED) is 0.631. The Balaban J connectivity index is 2.26. The van der Waals surface area contributed by atoms with Gasteiger partial charge in [-0.2, -0.15) is 0 Å². The van der Waals surface area contributed by atoms with Gasteiger partial charge in [-0.3, -0.25) is 9.59 Å². The normalized spacial score (nSPS) is 49.0. The van der Waals surface area contributed by atoms with E-state index in [1.807, 2.05) is 13.8 Å². The molecule has 0 aromatic carbocycles. The second-order valence-electron chi connectivity index (χ2n) is 6.02. The van der Waals surface area contributed by atoms with Crippen LogP contribution in [0.15, 0.2) is 0 Å². The van der Waals surface area contributed by atoms with Crippen molar-refractivity contribution >= 4 is 11.6 Å². The lowest BCUT2D eigenvalue weighted by molar-refractivity contribution is -0.149. The first-order chi connectivity index (χ1) is 7.43. The molecule has 0 radical (unpaired) electrons. The minimum atomic E-state index is -0.0608. The van der Waals surface area contributed by atoms with Crippen molar-refractivity contribution in [3.63, 3.8) is 0 Å². The SMILES string of the molecule is C[C@@H]1CC2C(=O)[C@H](C)[C@H](C)C(=O)C2C[C@@H]1C. The maximum Gasteiger partial charge on any atom is 0.140 e. The third-order valence-corrected chi connectivity index (χ3v) is 5.09. The molecule has 0 N–H and O–H groups in total. The summed E-state index contributed by atoms with van der Waals surface area (Å²) in [5.41, 5.74) is 0. The predicted molar refractivity (Wildman–Crippen MR) is 62.9 cm³/mol. The number of carbonyl (C=O) groups is 2. The molecule has 0 aromatic heterocycles. The molecule has 2 unspecified atom stereocenters. The van der Waals surface area contributed by atoms with Crippen LogP contribution in [0.2, 0.25) is 0 Å². The van der Waals surface area contributed by atoms with Gasteiger partial charge < -0.3 is 0 Å². The van der Waals surface area contributed by atoms with Crippen molar-refractivity contribution in [1.29, 1.82) is 0 Å². The molecule has 2 saturated carbocycles. The zero-order chi connectivity index (χ0) is 12.0. The summed E-state index contributed by atoms with van der Waals surface area (Å²) in [6.45, 7) is 8.26. The molecule has 0 amide bonds. The van der Waals surface area contributed by atoms with Gasteiger partial charge in [0.25, 0.3) is 0 Å². The van der Waals surface area contributed by atoms with Crippen LogP contribution in [0.1, 0.15) is 40.5 Å². The van der Waals surface area contributed by atoms with Crippen LogP contribution in [0.25, 0.3) is 0 Å². The van der Waals surface area contributed by atoms with Gasteiger partial charge in [-0.1, -0.05) is 27.7 Å². The van der Waals surface area contributed by atoms with Crippen molar-refractivity contribution in [3.05, 3.63) is 0 Å². The van der Waals surface area contributed by atoms with Gasteiger partial charge in [0, 0.05) is 23.7 Å². The van der Waals surface area contributed by atoms with Crippen LogP contribution in [0.4, 0.5) is 0 Å². The Morgan fingerprint density at radius 3 is 1.38 bits per heavy atom. The molecule has 2 nitrogen and oxygen atoms in total. The van der Waals surface area contributed by atoms with E-state index in [1.54, 1.807) is 0 Å². The highest BCUT2D eigenvalue weighted by atomic mass is 16.1. The molecule has 0 spiro atoms. The molecule has 2 aliphatic carbocycles. The summed E-state index contributed by atoms with van der Waals surface area (Å²) >= 11 is 0. The standard InChI is InChI=1S/C14H22O2/c1-7-5-11-12(6-8(7)2)14(16)10(4)9(3)13(11)15/h7-12H,5-6H2,1-4H3/t7-,8+,9-,10+,11?,12?. The fourth-order valence-electron chi connectivity index (χ4n) is 3.39. The third-order valence-electron chi connectivity index (χ3n) is 5.09. The molecule has 2 rings (SSSR count). The Bertz CT molecular complexity index is 289. The van der Waals surface area contributed by atoms with Gasteiger partial charge in [0.05, 0.1) is 0 Å². The van der Waals surface area contributed by atoms with E-state index in [2.05, 4.69) is 13.8 Å². The van der Waals surface area contributed by atoms with Crippen molar-refractivity contribution < 1.29 is 9.59 Å². The molecule has 0 saturated heterocycles. The third kappa shape index (κ3) is 1.63. The monoisotopic (exact) mass is 222 g/mol. The first kappa shape index (κ1) is 11.8. The lowest BCUT2D eigenvalue weighted by Crippen LogP contribution is -2.49. The van der Waals surface area contributed by atoms with Crippen LogP contribution >= 0.6 is 0 Å². The van der Waals surface area contributed by atoms with Gasteiger partial charge >= 0.3 is 0 Å². The van der Waals surface area contributed by atoms with Gasteiger partial charge in [-0.05, 0) is 24.7 Å². The largest absolute Gasteiger partial charge is 0.299 e. The number of ketones is 2. The van der Waals surface area contributed by atoms with E-state index in [4.69, 9.17) is 0 Å². The Kier molecular flexibility index (Phi) is 2.93.